The summed E-state index contributed by atoms with van der Waals surface area (Å²) in [5, 5.41) is 15.7. The predicted molar refractivity (Wildman–Crippen MR) is 81.2 cm³/mol. The van der Waals surface area contributed by atoms with E-state index < -0.39 is 12.0 Å². The van der Waals surface area contributed by atoms with Crippen molar-refractivity contribution in [1.82, 2.24) is 19.7 Å². The fourth-order valence-corrected chi connectivity index (χ4v) is 2.49. The van der Waals surface area contributed by atoms with Crippen LogP contribution in [0.3, 0.4) is 0 Å². The molecule has 0 unspecified atom stereocenters. The van der Waals surface area contributed by atoms with Crippen molar-refractivity contribution in [3.05, 3.63) is 35.4 Å². The number of aromatic nitrogens is 3. The van der Waals surface area contributed by atoms with Crippen LogP contribution >= 0.6 is 0 Å². The second-order valence-electron chi connectivity index (χ2n) is 5.26. The van der Waals surface area contributed by atoms with Crippen LogP contribution < -0.4 is 5.32 Å². The molecule has 1 atom stereocenters. The second-order valence-corrected chi connectivity index (χ2v) is 5.26. The van der Waals surface area contributed by atoms with Gasteiger partial charge in [-0.2, -0.15) is 5.10 Å². The molecular weight excluding hydrogens is 284 g/mol. The summed E-state index contributed by atoms with van der Waals surface area (Å²) in [6, 6.07) is 0.876. The molecule has 0 radical (unpaired) electrons. The van der Waals surface area contributed by atoms with E-state index in [0.29, 0.717) is 12.0 Å². The van der Waals surface area contributed by atoms with Gasteiger partial charge in [-0.3, -0.25) is 9.48 Å². The molecule has 0 fully saturated rings. The first kappa shape index (κ1) is 15.8. The lowest BCUT2D eigenvalue weighted by Crippen LogP contribution is -2.40. The molecule has 118 valence electrons. The van der Waals surface area contributed by atoms with Crippen molar-refractivity contribution in [2.24, 2.45) is 7.05 Å². The first-order chi connectivity index (χ1) is 10.3. The summed E-state index contributed by atoms with van der Waals surface area (Å²) in [6.07, 6.45) is 3.91. The van der Waals surface area contributed by atoms with Crippen LogP contribution in [0, 0.1) is 13.8 Å². The molecule has 0 saturated heterocycles. The van der Waals surface area contributed by atoms with Crippen molar-refractivity contribution in [2.75, 3.05) is 0 Å². The zero-order chi connectivity index (χ0) is 16.4. The quantitative estimate of drug-likeness (QED) is 0.874. The molecule has 7 nitrogen and oxygen atoms in total. The molecule has 0 aliphatic carbocycles. The minimum atomic E-state index is -1.03. The molecule has 7 heteroatoms. The molecule has 0 aliphatic heterocycles. The number of carbonyl (C=O) groups is 2. The first-order valence-corrected chi connectivity index (χ1v) is 7.06. The van der Waals surface area contributed by atoms with Gasteiger partial charge in [-0.15, -0.1) is 0 Å². The van der Waals surface area contributed by atoms with E-state index in [1.54, 1.807) is 23.9 Å². The van der Waals surface area contributed by atoms with E-state index in [4.69, 9.17) is 5.11 Å². The molecule has 22 heavy (non-hydrogen) atoms. The fraction of sp³-hybridized carbons (Fsp3) is 0.400. The number of carboxylic acids is 1. The van der Waals surface area contributed by atoms with Crippen molar-refractivity contribution >= 4 is 11.9 Å². The Balaban J connectivity index is 2.34. The minimum Gasteiger partial charge on any atom is -0.480 e. The predicted octanol–water partition coefficient (Wildman–Crippen LogP) is 1.42. The molecule has 2 aromatic rings. The van der Waals surface area contributed by atoms with Crippen LogP contribution in [0.5, 0.6) is 0 Å². The zero-order valence-electron chi connectivity index (χ0n) is 13.1. The maximum absolute atomic E-state index is 12.3. The average molecular weight is 304 g/mol. The van der Waals surface area contributed by atoms with Gasteiger partial charge in [0, 0.05) is 24.6 Å². The van der Waals surface area contributed by atoms with Crippen LogP contribution in [0.15, 0.2) is 18.5 Å². The normalized spacial score (nSPS) is 12.2. The number of aryl methyl sites for hydroxylation is 2. The van der Waals surface area contributed by atoms with E-state index in [1.807, 2.05) is 31.7 Å². The van der Waals surface area contributed by atoms with E-state index in [-0.39, 0.29) is 5.91 Å². The number of hydrogen-bond donors (Lipinski definition) is 2. The number of carbonyl (C=O) groups excluding carboxylic acids is 1. The van der Waals surface area contributed by atoms with Gasteiger partial charge in [-0.05, 0) is 26.3 Å². The standard InChI is InChI=1S/C15H20N4O3/c1-5-13(15(21)22)17-14(20)12-6-9(2)19(10(12)3)11-7-16-18(4)8-11/h6-8,13H,5H2,1-4H3,(H,17,20)(H,21,22)/t13-/m1/s1. The third-order valence-electron chi connectivity index (χ3n) is 3.64. The van der Waals surface area contributed by atoms with Crippen molar-refractivity contribution in [2.45, 2.75) is 33.2 Å². The molecule has 2 aromatic heterocycles. The number of nitrogens with zero attached hydrogens (tertiary/aromatic N) is 3. The van der Waals surface area contributed by atoms with Gasteiger partial charge in [0.05, 0.1) is 17.4 Å². The van der Waals surface area contributed by atoms with E-state index in [0.717, 1.165) is 17.1 Å². The minimum absolute atomic E-state index is 0.336. The number of rotatable bonds is 5. The van der Waals surface area contributed by atoms with E-state index in [9.17, 15) is 9.59 Å². The van der Waals surface area contributed by atoms with Gasteiger partial charge in [0.2, 0.25) is 0 Å². The third-order valence-corrected chi connectivity index (χ3v) is 3.64. The lowest BCUT2D eigenvalue weighted by Gasteiger charge is -2.12. The Kier molecular flexibility index (Phi) is 4.35. The largest absolute Gasteiger partial charge is 0.480 e. The Morgan fingerprint density at radius 3 is 2.59 bits per heavy atom. The number of nitrogens with one attached hydrogen (secondary N) is 1. The smallest absolute Gasteiger partial charge is 0.326 e. The zero-order valence-corrected chi connectivity index (χ0v) is 13.1. The molecule has 2 rings (SSSR count). The highest BCUT2D eigenvalue weighted by molar-refractivity contribution is 5.98. The molecule has 2 N–H and O–H groups in total. The van der Waals surface area contributed by atoms with Crippen LogP contribution in [-0.4, -0.2) is 37.4 Å². The fourth-order valence-electron chi connectivity index (χ4n) is 2.49. The number of hydrogen-bond acceptors (Lipinski definition) is 3. The molecule has 0 aromatic carbocycles. The lowest BCUT2D eigenvalue weighted by atomic mass is 10.2. The Bertz CT molecular complexity index is 714. The average Bonchev–Trinajstić information content (AvgIpc) is 2.99. The van der Waals surface area contributed by atoms with Gasteiger partial charge in [-0.25, -0.2) is 4.79 Å². The van der Waals surface area contributed by atoms with Crippen molar-refractivity contribution in [3.63, 3.8) is 0 Å². The first-order valence-electron chi connectivity index (χ1n) is 7.06. The second kappa shape index (κ2) is 6.05. The van der Waals surface area contributed by atoms with Crippen LogP contribution in [0.25, 0.3) is 5.69 Å². The highest BCUT2D eigenvalue weighted by Gasteiger charge is 2.22. The maximum atomic E-state index is 12.3. The SMILES string of the molecule is CC[C@@H](NC(=O)c1cc(C)n(-c2cnn(C)c2)c1C)C(=O)O. The third kappa shape index (κ3) is 2.88. The molecular formula is C15H20N4O3. The van der Waals surface area contributed by atoms with E-state index in [1.165, 1.54) is 0 Å². The molecule has 0 spiro atoms. The van der Waals surface area contributed by atoms with E-state index in [2.05, 4.69) is 10.4 Å². The van der Waals surface area contributed by atoms with Crippen LogP contribution in [0.2, 0.25) is 0 Å². The van der Waals surface area contributed by atoms with Gasteiger partial charge in [-0.1, -0.05) is 6.92 Å². The maximum Gasteiger partial charge on any atom is 0.326 e. The molecule has 0 saturated carbocycles. The monoisotopic (exact) mass is 304 g/mol. The van der Waals surface area contributed by atoms with Gasteiger partial charge in [0.15, 0.2) is 0 Å². The van der Waals surface area contributed by atoms with Crippen molar-refractivity contribution in [1.29, 1.82) is 0 Å². The molecule has 1 amide bonds. The topological polar surface area (TPSA) is 89.2 Å². The van der Waals surface area contributed by atoms with Gasteiger partial charge >= 0.3 is 5.97 Å². The van der Waals surface area contributed by atoms with Crippen molar-refractivity contribution < 1.29 is 14.7 Å². The van der Waals surface area contributed by atoms with Gasteiger partial charge in [0.1, 0.15) is 6.04 Å². The van der Waals surface area contributed by atoms with Gasteiger partial charge < -0.3 is 15.0 Å². The Labute approximate surface area is 128 Å². The Morgan fingerprint density at radius 1 is 1.41 bits per heavy atom. The summed E-state index contributed by atoms with van der Waals surface area (Å²) in [4.78, 5) is 23.4. The molecule has 0 aliphatic rings. The molecule has 2 heterocycles. The van der Waals surface area contributed by atoms with Crippen LogP contribution in [0.1, 0.15) is 35.1 Å². The summed E-state index contributed by atoms with van der Waals surface area (Å²) in [5.41, 5.74) is 2.98. The number of carboxylic acid groups (broad SMARTS) is 1. The van der Waals surface area contributed by atoms with E-state index >= 15 is 0 Å². The molecule has 0 bridgehead atoms. The number of amides is 1. The Hall–Kier alpha value is -2.57. The van der Waals surface area contributed by atoms with Crippen molar-refractivity contribution in [3.8, 4) is 5.69 Å². The summed E-state index contributed by atoms with van der Waals surface area (Å²) < 4.78 is 3.61. The van der Waals surface area contributed by atoms with Crippen LogP contribution in [0.4, 0.5) is 0 Å². The number of aliphatic carboxylic acids is 1. The highest BCUT2D eigenvalue weighted by atomic mass is 16.4. The highest BCUT2D eigenvalue weighted by Crippen LogP contribution is 2.20. The summed E-state index contributed by atoms with van der Waals surface area (Å²) in [5.74, 6) is -1.41. The van der Waals surface area contributed by atoms with Gasteiger partial charge in [0.25, 0.3) is 5.91 Å². The summed E-state index contributed by atoms with van der Waals surface area (Å²) >= 11 is 0. The summed E-state index contributed by atoms with van der Waals surface area (Å²) in [7, 11) is 1.82. The lowest BCUT2D eigenvalue weighted by molar-refractivity contribution is -0.139. The Morgan fingerprint density at radius 2 is 2.09 bits per heavy atom. The summed E-state index contributed by atoms with van der Waals surface area (Å²) in [6.45, 7) is 5.44. The van der Waals surface area contributed by atoms with Crippen LogP contribution in [-0.2, 0) is 11.8 Å².